The summed E-state index contributed by atoms with van der Waals surface area (Å²) >= 11 is 0. The van der Waals surface area contributed by atoms with Crippen molar-refractivity contribution in [2.75, 3.05) is 27.6 Å². The normalized spacial score (nSPS) is 25.8. The number of ether oxygens (including phenoxy) is 5. The molecule has 0 aromatic heterocycles. The Bertz CT molecular complexity index is 544. The molecule has 0 unspecified atom stereocenters. The van der Waals surface area contributed by atoms with Crippen LogP contribution in [0.1, 0.15) is 32.3 Å². The Balaban J connectivity index is 1.72. The van der Waals surface area contributed by atoms with Gasteiger partial charge in [-0.05, 0) is 37.5 Å². The third-order valence-corrected chi connectivity index (χ3v) is 4.82. The largest absolute Gasteiger partial charge is 0.497 e. The molecule has 0 radical (unpaired) electrons. The molecule has 1 aromatic rings. The third kappa shape index (κ3) is 5.69. The lowest BCUT2D eigenvalue weighted by molar-refractivity contribution is -0.194. The zero-order chi connectivity index (χ0) is 18.9. The van der Waals surface area contributed by atoms with Gasteiger partial charge in [0.2, 0.25) is 0 Å². The van der Waals surface area contributed by atoms with Crippen LogP contribution in [0.25, 0.3) is 0 Å². The minimum absolute atomic E-state index is 0.124. The molecule has 1 saturated heterocycles. The van der Waals surface area contributed by atoms with Crippen molar-refractivity contribution in [2.45, 2.75) is 45.5 Å². The summed E-state index contributed by atoms with van der Waals surface area (Å²) in [6.07, 6.45) is 1.25. The fourth-order valence-electron chi connectivity index (χ4n) is 3.23. The molecule has 0 bridgehead atoms. The molecule has 2 rings (SSSR count). The highest BCUT2D eigenvalue weighted by Gasteiger charge is 2.41. The zero-order valence-electron chi connectivity index (χ0n) is 16.1. The molecular weight excluding hydrogens is 336 g/mol. The SMILES string of the molecule is COCO[C@H]1[C@@H](C)[C@H](CCCOCc2ccc(OC)cc2)OC(=O)[C@@H]1C. The lowest BCUT2D eigenvalue weighted by Crippen LogP contribution is -2.48. The number of carbonyl (C=O) groups is 1. The first-order chi connectivity index (χ1) is 12.6. The Morgan fingerprint density at radius 3 is 2.50 bits per heavy atom. The standard InChI is InChI=1S/C20H30O6/c1-14-18(26-20(21)15(2)19(14)25-13-22-3)6-5-11-24-12-16-7-9-17(23-4)10-8-16/h7-10,14-15,18-19H,5-6,11-13H2,1-4H3/t14-,15+,18-,19-/m0/s1. The highest BCUT2D eigenvalue weighted by molar-refractivity contribution is 5.73. The van der Waals surface area contributed by atoms with E-state index in [1.54, 1.807) is 14.2 Å². The molecule has 0 amide bonds. The van der Waals surface area contributed by atoms with Gasteiger partial charge in [-0.1, -0.05) is 19.1 Å². The first-order valence-electron chi connectivity index (χ1n) is 9.08. The molecule has 1 heterocycles. The van der Waals surface area contributed by atoms with Crippen LogP contribution < -0.4 is 4.74 Å². The number of carbonyl (C=O) groups excluding carboxylic acids is 1. The van der Waals surface area contributed by atoms with E-state index < -0.39 is 0 Å². The fraction of sp³-hybridized carbons (Fsp3) is 0.650. The van der Waals surface area contributed by atoms with E-state index in [0.717, 1.165) is 24.2 Å². The first kappa shape index (κ1) is 20.7. The molecule has 1 fully saturated rings. The summed E-state index contributed by atoms with van der Waals surface area (Å²) in [7, 11) is 3.23. The van der Waals surface area contributed by atoms with Crippen molar-refractivity contribution in [3.8, 4) is 5.75 Å². The lowest BCUT2D eigenvalue weighted by Gasteiger charge is -2.38. The van der Waals surface area contributed by atoms with Gasteiger partial charge in [0.15, 0.2) is 0 Å². The second kappa shape index (κ2) is 10.5. The monoisotopic (exact) mass is 366 g/mol. The second-order valence-electron chi connectivity index (χ2n) is 6.70. The Morgan fingerprint density at radius 1 is 1.12 bits per heavy atom. The van der Waals surface area contributed by atoms with E-state index in [4.69, 9.17) is 23.7 Å². The van der Waals surface area contributed by atoms with Gasteiger partial charge in [-0.15, -0.1) is 0 Å². The van der Waals surface area contributed by atoms with Crippen molar-refractivity contribution < 1.29 is 28.5 Å². The topological polar surface area (TPSA) is 63.2 Å². The van der Waals surface area contributed by atoms with Crippen LogP contribution in [0, 0.1) is 11.8 Å². The Hall–Kier alpha value is -1.63. The Kier molecular flexibility index (Phi) is 8.35. The predicted molar refractivity (Wildman–Crippen MR) is 96.8 cm³/mol. The van der Waals surface area contributed by atoms with Crippen molar-refractivity contribution in [2.24, 2.45) is 11.8 Å². The van der Waals surface area contributed by atoms with Gasteiger partial charge in [-0.25, -0.2) is 0 Å². The second-order valence-corrected chi connectivity index (χ2v) is 6.70. The van der Waals surface area contributed by atoms with Gasteiger partial charge in [-0.2, -0.15) is 0 Å². The lowest BCUT2D eigenvalue weighted by atomic mass is 9.84. The maximum atomic E-state index is 12.1. The van der Waals surface area contributed by atoms with E-state index in [1.165, 1.54) is 0 Å². The first-order valence-corrected chi connectivity index (χ1v) is 9.08. The average molecular weight is 366 g/mol. The van der Waals surface area contributed by atoms with E-state index in [0.29, 0.717) is 13.2 Å². The van der Waals surface area contributed by atoms with Crippen molar-refractivity contribution >= 4 is 5.97 Å². The minimum atomic E-state index is -0.275. The number of esters is 1. The van der Waals surface area contributed by atoms with Crippen LogP contribution in [0.5, 0.6) is 5.75 Å². The maximum Gasteiger partial charge on any atom is 0.311 e. The van der Waals surface area contributed by atoms with Gasteiger partial charge >= 0.3 is 5.97 Å². The quantitative estimate of drug-likeness (QED) is 0.360. The van der Waals surface area contributed by atoms with Gasteiger partial charge in [0.1, 0.15) is 18.6 Å². The van der Waals surface area contributed by atoms with Crippen LogP contribution in [0.3, 0.4) is 0 Å². The van der Waals surface area contributed by atoms with Crippen molar-refractivity contribution in [3.63, 3.8) is 0 Å². The summed E-state index contributed by atoms with van der Waals surface area (Å²) in [5.41, 5.74) is 1.10. The number of benzene rings is 1. The molecule has 1 aliphatic heterocycles. The molecule has 1 aromatic carbocycles. The maximum absolute atomic E-state index is 12.1. The third-order valence-electron chi connectivity index (χ3n) is 4.82. The molecule has 0 spiro atoms. The van der Waals surface area contributed by atoms with Crippen molar-refractivity contribution in [3.05, 3.63) is 29.8 Å². The van der Waals surface area contributed by atoms with Crippen LogP contribution >= 0.6 is 0 Å². The smallest absolute Gasteiger partial charge is 0.311 e. The molecule has 0 saturated carbocycles. The Labute approximate surface area is 155 Å². The van der Waals surface area contributed by atoms with Crippen LogP contribution in [0.2, 0.25) is 0 Å². The molecule has 4 atom stereocenters. The van der Waals surface area contributed by atoms with E-state index in [2.05, 4.69) is 6.92 Å². The van der Waals surface area contributed by atoms with Crippen LogP contribution in [0.15, 0.2) is 24.3 Å². The van der Waals surface area contributed by atoms with Crippen LogP contribution in [0.4, 0.5) is 0 Å². The highest BCUT2D eigenvalue weighted by Crippen LogP contribution is 2.31. The van der Waals surface area contributed by atoms with E-state index in [-0.39, 0.29) is 36.8 Å². The van der Waals surface area contributed by atoms with Crippen LogP contribution in [-0.2, 0) is 30.3 Å². The van der Waals surface area contributed by atoms with E-state index >= 15 is 0 Å². The summed E-state index contributed by atoms with van der Waals surface area (Å²) in [5.74, 6) is 0.483. The van der Waals surface area contributed by atoms with E-state index in [1.807, 2.05) is 31.2 Å². The fourth-order valence-corrected chi connectivity index (χ4v) is 3.23. The number of hydrogen-bond acceptors (Lipinski definition) is 6. The predicted octanol–water partition coefficient (Wildman–Crippen LogP) is 3.18. The molecule has 146 valence electrons. The van der Waals surface area contributed by atoms with Crippen molar-refractivity contribution in [1.82, 2.24) is 0 Å². The molecule has 6 nitrogen and oxygen atoms in total. The summed E-state index contributed by atoms with van der Waals surface area (Å²) < 4.78 is 27.1. The molecule has 0 N–H and O–H groups in total. The molecule has 0 aliphatic carbocycles. The number of methoxy groups -OCH3 is 2. The Morgan fingerprint density at radius 2 is 1.85 bits per heavy atom. The number of rotatable bonds is 10. The number of hydrogen-bond donors (Lipinski definition) is 0. The summed E-state index contributed by atoms with van der Waals surface area (Å²) in [6.45, 7) is 5.26. The molecule has 26 heavy (non-hydrogen) atoms. The minimum Gasteiger partial charge on any atom is -0.497 e. The van der Waals surface area contributed by atoms with Gasteiger partial charge in [0.25, 0.3) is 0 Å². The van der Waals surface area contributed by atoms with Crippen molar-refractivity contribution in [1.29, 1.82) is 0 Å². The van der Waals surface area contributed by atoms with Crippen LogP contribution in [-0.4, -0.2) is 45.8 Å². The average Bonchev–Trinajstić information content (AvgIpc) is 2.66. The molecule has 1 aliphatic rings. The number of cyclic esters (lactones) is 1. The zero-order valence-corrected chi connectivity index (χ0v) is 16.1. The molecular formula is C20H30O6. The summed E-state index contributed by atoms with van der Waals surface area (Å²) in [5, 5.41) is 0. The summed E-state index contributed by atoms with van der Waals surface area (Å²) in [6, 6.07) is 7.82. The van der Waals surface area contributed by atoms with Gasteiger partial charge in [0.05, 0.1) is 25.7 Å². The molecule has 6 heteroatoms. The highest BCUT2D eigenvalue weighted by atomic mass is 16.7. The van der Waals surface area contributed by atoms with Gasteiger partial charge < -0.3 is 23.7 Å². The summed E-state index contributed by atoms with van der Waals surface area (Å²) in [4.78, 5) is 12.1. The van der Waals surface area contributed by atoms with E-state index in [9.17, 15) is 4.79 Å². The van der Waals surface area contributed by atoms with Gasteiger partial charge in [0, 0.05) is 19.6 Å². The van der Waals surface area contributed by atoms with Gasteiger partial charge in [-0.3, -0.25) is 4.79 Å².